The Morgan fingerprint density at radius 3 is 2.22 bits per heavy atom. The molecule has 8 heteroatoms. The molecule has 146 valence electrons. The molecule has 1 aliphatic carbocycles. The molecule has 2 aromatic rings. The summed E-state index contributed by atoms with van der Waals surface area (Å²) in [5, 5.41) is 0. The number of aromatic nitrogens is 2. The van der Waals surface area contributed by atoms with Gasteiger partial charge in [-0.15, -0.1) is 0 Å². The lowest BCUT2D eigenvalue weighted by Gasteiger charge is -2.22. The molecule has 0 atom stereocenters. The van der Waals surface area contributed by atoms with Gasteiger partial charge in [-0.25, -0.2) is 13.2 Å². The van der Waals surface area contributed by atoms with Crippen LogP contribution in [0.4, 0.5) is 0 Å². The maximum atomic E-state index is 13.2. The van der Waals surface area contributed by atoms with Crippen LogP contribution >= 0.6 is 0 Å². The van der Waals surface area contributed by atoms with Gasteiger partial charge in [0.1, 0.15) is 0 Å². The molecule has 0 saturated heterocycles. The lowest BCUT2D eigenvalue weighted by molar-refractivity contribution is 0.396. The smallest absolute Gasteiger partial charge is 0.302 e. The third-order valence-electron chi connectivity index (χ3n) is 4.94. The second kappa shape index (κ2) is 7.09. The van der Waals surface area contributed by atoms with Crippen molar-refractivity contribution in [2.75, 3.05) is 0 Å². The Labute approximate surface area is 158 Å². The molecule has 0 N–H and O–H groups in total. The van der Waals surface area contributed by atoms with Crippen LogP contribution in [-0.2, 0) is 30.7 Å². The van der Waals surface area contributed by atoms with Gasteiger partial charge in [0.05, 0.1) is 0 Å². The molecule has 1 aliphatic rings. The van der Waals surface area contributed by atoms with Gasteiger partial charge in [-0.1, -0.05) is 38.1 Å². The normalized spacial score (nSPS) is 14.9. The van der Waals surface area contributed by atoms with Gasteiger partial charge >= 0.3 is 5.69 Å². The minimum atomic E-state index is -4.01. The topological polar surface area (TPSA) is 81.4 Å². The Hall–Kier alpha value is -2.19. The zero-order chi connectivity index (χ0) is 19.9. The third kappa shape index (κ3) is 3.77. The predicted molar refractivity (Wildman–Crippen MR) is 103 cm³/mol. The average molecular weight is 391 g/mol. The van der Waals surface area contributed by atoms with Crippen LogP contribution in [0.5, 0.6) is 0 Å². The van der Waals surface area contributed by atoms with E-state index in [1.807, 2.05) is 24.3 Å². The predicted octanol–water partition coefficient (Wildman–Crippen LogP) is 1.56. The van der Waals surface area contributed by atoms with Crippen LogP contribution in [0.15, 0.2) is 44.9 Å². The molecule has 7 nitrogen and oxygen atoms in total. The van der Waals surface area contributed by atoms with Crippen molar-refractivity contribution in [3.8, 4) is 0 Å². The van der Waals surface area contributed by atoms with Gasteiger partial charge in [0, 0.05) is 32.9 Å². The summed E-state index contributed by atoms with van der Waals surface area (Å²) in [5.41, 5.74) is 0.711. The summed E-state index contributed by atoms with van der Waals surface area (Å²) in [6, 6.07) is 7.76. The molecule has 0 unspecified atom stereocenters. The fourth-order valence-corrected chi connectivity index (χ4v) is 4.86. The number of sulfonamides is 1. The fourth-order valence-electron chi connectivity index (χ4n) is 3.04. The summed E-state index contributed by atoms with van der Waals surface area (Å²) < 4.78 is 29.8. The van der Waals surface area contributed by atoms with Crippen LogP contribution < -0.4 is 11.2 Å². The average Bonchev–Trinajstić information content (AvgIpc) is 3.45. The van der Waals surface area contributed by atoms with Crippen molar-refractivity contribution in [3.63, 3.8) is 0 Å². The molecule has 1 heterocycles. The molecule has 1 fully saturated rings. The third-order valence-corrected chi connectivity index (χ3v) is 6.82. The zero-order valence-electron chi connectivity index (χ0n) is 16.0. The van der Waals surface area contributed by atoms with Gasteiger partial charge in [0.15, 0.2) is 4.90 Å². The van der Waals surface area contributed by atoms with E-state index in [1.54, 1.807) is 0 Å². The summed E-state index contributed by atoms with van der Waals surface area (Å²) in [4.78, 5) is 24.0. The molecule has 0 amide bonds. The van der Waals surface area contributed by atoms with Crippen LogP contribution in [0, 0.1) is 0 Å². The summed E-state index contributed by atoms with van der Waals surface area (Å²) in [6.07, 6.45) is 2.67. The van der Waals surface area contributed by atoms with Crippen LogP contribution in [0.3, 0.4) is 0 Å². The zero-order valence-corrected chi connectivity index (χ0v) is 16.9. The quantitative estimate of drug-likeness (QED) is 0.748. The van der Waals surface area contributed by atoms with E-state index in [9.17, 15) is 18.0 Å². The number of benzene rings is 1. The molecule has 0 bridgehead atoms. The summed E-state index contributed by atoms with van der Waals surface area (Å²) >= 11 is 0. The first-order chi connectivity index (χ1) is 12.6. The van der Waals surface area contributed by atoms with Gasteiger partial charge in [0.25, 0.3) is 15.6 Å². The molecule has 1 aromatic heterocycles. The number of aryl methyl sites for hydroxylation is 1. The summed E-state index contributed by atoms with van der Waals surface area (Å²) in [7, 11) is -1.29. The fraction of sp³-hybridized carbons (Fsp3) is 0.474. The highest BCUT2D eigenvalue weighted by Crippen LogP contribution is 2.33. The number of nitrogens with zero attached hydrogens (tertiary/aromatic N) is 3. The van der Waals surface area contributed by atoms with Gasteiger partial charge in [-0.2, -0.15) is 4.31 Å². The molecule has 0 spiro atoms. The second-order valence-electron chi connectivity index (χ2n) is 7.43. The van der Waals surface area contributed by atoms with E-state index in [1.165, 1.54) is 24.0 Å². The van der Waals surface area contributed by atoms with E-state index >= 15 is 0 Å². The van der Waals surface area contributed by atoms with E-state index in [0.29, 0.717) is 5.92 Å². The minimum absolute atomic E-state index is 0.110. The summed E-state index contributed by atoms with van der Waals surface area (Å²) in [6.45, 7) is 4.41. The SMILES string of the molecule is CC(C)c1ccc(CN(C2CC2)S(=O)(=O)c2cn(C)c(=O)n(C)c2=O)cc1. The van der Waals surface area contributed by atoms with E-state index < -0.39 is 21.3 Å². The van der Waals surface area contributed by atoms with Crippen LogP contribution in [0.2, 0.25) is 0 Å². The van der Waals surface area contributed by atoms with Crippen LogP contribution in [0.25, 0.3) is 0 Å². The van der Waals surface area contributed by atoms with Crippen molar-refractivity contribution >= 4 is 10.0 Å². The van der Waals surface area contributed by atoms with Crippen molar-refractivity contribution in [1.82, 2.24) is 13.4 Å². The molecule has 0 aliphatic heterocycles. The Balaban J connectivity index is 2.00. The molecule has 3 rings (SSSR count). The molecular formula is C19H25N3O4S. The first kappa shape index (κ1) is 19.6. The Kier molecular flexibility index (Phi) is 5.14. The van der Waals surface area contributed by atoms with Crippen LogP contribution in [0.1, 0.15) is 43.7 Å². The van der Waals surface area contributed by atoms with Gasteiger partial charge in [0.2, 0.25) is 0 Å². The highest BCUT2D eigenvalue weighted by Gasteiger charge is 2.39. The van der Waals surface area contributed by atoms with Crippen molar-refractivity contribution in [1.29, 1.82) is 0 Å². The molecule has 0 radical (unpaired) electrons. The van der Waals surface area contributed by atoms with E-state index in [4.69, 9.17) is 0 Å². The maximum Gasteiger partial charge on any atom is 0.330 e. The maximum absolute atomic E-state index is 13.2. The van der Waals surface area contributed by atoms with Crippen molar-refractivity contribution in [3.05, 3.63) is 62.4 Å². The molecule has 1 saturated carbocycles. The first-order valence-corrected chi connectivity index (χ1v) is 10.4. The number of hydrogen-bond donors (Lipinski definition) is 0. The highest BCUT2D eigenvalue weighted by atomic mass is 32.2. The second-order valence-corrected chi connectivity index (χ2v) is 9.29. The van der Waals surface area contributed by atoms with Gasteiger partial charge in [-0.3, -0.25) is 9.36 Å². The standard InChI is InChI=1S/C19H25N3O4S/c1-13(2)15-7-5-14(6-8-15)11-22(16-9-10-16)27(25,26)17-12-20(3)19(24)21(4)18(17)23/h5-8,12-13,16H,9-11H2,1-4H3. The van der Waals surface area contributed by atoms with Crippen molar-refractivity contribution in [2.45, 2.75) is 50.1 Å². The van der Waals surface area contributed by atoms with Crippen LogP contribution in [-0.4, -0.2) is 27.9 Å². The Bertz CT molecular complexity index is 1060. The van der Waals surface area contributed by atoms with Crippen molar-refractivity contribution in [2.24, 2.45) is 14.1 Å². The minimum Gasteiger partial charge on any atom is -0.302 e. The number of rotatable bonds is 6. The molecule has 1 aromatic carbocycles. The van der Waals surface area contributed by atoms with E-state index in [-0.39, 0.29) is 17.5 Å². The Morgan fingerprint density at radius 2 is 1.70 bits per heavy atom. The van der Waals surface area contributed by atoms with E-state index in [0.717, 1.165) is 33.7 Å². The monoisotopic (exact) mass is 391 g/mol. The van der Waals surface area contributed by atoms with Gasteiger partial charge < -0.3 is 4.57 Å². The Morgan fingerprint density at radius 1 is 1.11 bits per heavy atom. The molecule has 27 heavy (non-hydrogen) atoms. The van der Waals surface area contributed by atoms with E-state index in [2.05, 4.69) is 13.8 Å². The lowest BCUT2D eigenvalue weighted by atomic mass is 10.0. The summed E-state index contributed by atoms with van der Waals surface area (Å²) in [5.74, 6) is 0.399. The van der Waals surface area contributed by atoms with Gasteiger partial charge in [-0.05, 0) is 29.9 Å². The largest absolute Gasteiger partial charge is 0.330 e. The highest BCUT2D eigenvalue weighted by molar-refractivity contribution is 7.89. The number of hydrogen-bond acceptors (Lipinski definition) is 4. The van der Waals surface area contributed by atoms with Crippen molar-refractivity contribution < 1.29 is 8.42 Å². The first-order valence-electron chi connectivity index (χ1n) is 9.00. The lowest BCUT2D eigenvalue weighted by Crippen LogP contribution is -2.43. The molecular weight excluding hydrogens is 366 g/mol.